The molecule has 25 heavy (non-hydrogen) atoms. The second kappa shape index (κ2) is 7.74. The maximum atomic E-state index is 11.8. The summed E-state index contributed by atoms with van der Waals surface area (Å²) in [7, 11) is 0. The van der Waals surface area contributed by atoms with Gasteiger partial charge in [0.15, 0.2) is 17.3 Å². The number of aliphatic hydroxyl groups excluding tert-OH is 1. The van der Waals surface area contributed by atoms with E-state index in [4.69, 9.17) is 0 Å². The van der Waals surface area contributed by atoms with Crippen LogP contribution in [0.2, 0.25) is 0 Å². The van der Waals surface area contributed by atoms with Gasteiger partial charge in [-0.25, -0.2) is 0 Å². The van der Waals surface area contributed by atoms with Gasteiger partial charge in [0.1, 0.15) is 17.3 Å². The van der Waals surface area contributed by atoms with Crippen LogP contribution in [-0.4, -0.2) is 31.3 Å². The normalized spacial score (nSPS) is 12.1. The highest BCUT2D eigenvalue weighted by molar-refractivity contribution is 6.02. The third kappa shape index (κ3) is 5.18. The number of aromatic hydroxyl groups is 4. The molecule has 0 aliphatic rings. The summed E-state index contributed by atoms with van der Waals surface area (Å²) in [5.74, 6) is -1.55. The molecule has 0 heterocycles. The Morgan fingerprint density at radius 3 is 2.24 bits per heavy atom. The fourth-order valence-electron chi connectivity index (χ4n) is 1.92. The van der Waals surface area contributed by atoms with Crippen molar-refractivity contribution in [2.75, 3.05) is 0 Å². The third-order valence-electron chi connectivity index (χ3n) is 3.17. The van der Waals surface area contributed by atoms with E-state index < -0.39 is 5.78 Å². The molecule has 2 aromatic carbocycles. The number of rotatable bonds is 5. The first-order valence-electron chi connectivity index (χ1n) is 7.20. The van der Waals surface area contributed by atoms with Gasteiger partial charge in [-0.2, -0.15) is 0 Å². The molecule has 2 aromatic rings. The zero-order chi connectivity index (χ0) is 18.4. The maximum Gasteiger partial charge on any atom is 0.182 e. The number of carbonyl (C=O) groups is 1. The number of aliphatic hydroxyl groups is 1. The molecule has 0 aliphatic heterocycles. The Hall–Kier alpha value is -3.67. The zero-order valence-corrected chi connectivity index (χ0v) is 13.0. The van der Waals surface area contributed by atoms with Gasteiger partial charge >= 0.3 is 0 Å². The lowest BCUT2D eigenvalue weighted by Gasteiger charge is -1.99. The topological polar surface area (TPSA) is 118 Å². The molecule has 5 N–H and O–H groups in total. The van der Waals surface area contributed by atoms with Crippen molar-refractivity contribution < 1.29 is 30.3 Å². The van der Waals surface area contributed by atoms with Gasteiger partial charge in [0.05, 0.1) is 0 Å². The molecule has 0 spiro atoms. The average Bonchev–Trinajstić information content (AvgIpc) is 2.57. The lowest BCUT2D eigenvalue weighted by atomic mass is 10.1. The summed E-state index contributed by atoms with van der Waals surface area (Å²) in [5.41, 5.74) is 0.777. The molecule has 0 saturated carbocycles. The van der Waals surface area contributed by atoms with Gasteiger partial charge in [0.2, 0.25) is 0 Å². The van der Waals surface area contributed by atoms with Gasteiger partial charge in [0.25, 0.3) is 0 Å². The second-order valence-electron chi connectivity index (χ2n) is 5.13. The van der Waals surface area contributed by atoms with Crippen LogP contribution in [0, 0.1) is 0 Å². The first-order valence-corrected chi connectivity index (χ1v) is 7.20. The molecule has 2 rings (SSSR count). The minimum absolute atomic E-state index is 0.0524. The average molecular weight is 340 g/mol. The first kappa shape index (κ1) is 17.7. The van der Waals surface area contributed by atoms with Crippen molar-refractivity contribution in [2.45, 2.75) is 0 Å². The van der Waals surface area contributed by atoms with Gasteiger partial charge in [-0.3, -0.25) is 4.79 Å². The number of hydrogen-bond acceptors (Lipinski definition) is 6. The van der Waals surface area contributed by atoms with Crippen LogP contribution in [0.15, 0.2) is 60.4 Å². The third-order valence-corrected chi connectivity index (χ3v) is 3.17. The van der Waals surface area contributed by atoms with E-state index in [1.54, 1.807) is 0 Å². The zero-order valence-electron chi connectivity index (χ0n) is 13.0. The molecule has 0 radical (unpaired) electrons. The molecule has 128 valence electrons. The predicted molar refractivity (Wildman–Crippen MR) is 93.3 cm³/mol. The number of benzene rings is 2. The molecular weight excluding hydrogens is 324 g/mol. The highest BCUT2D eigenvalue weighted by atomic mass is 16.3. The molecule has 6 heteroatoms. The number of hydrogen-bond donors (Lipinski definition) is 5. The summed E-state index contributed by atoms with van der Waals surface area (Å²) in [5, 5.41) is 47.2. The van der Waals surface area contributed by atoms with E-state index in [0.29, 0.717) is 5.56 Å². The Bertz CT molecular complexity index is 877. The molecule has 0 bridgehead atoms. The number of phenolic OH excluding ortho intramolecular Hbond substituents is 4. The Labute approximate surface area is 143 Å². The van der Waals surface area contributed by atoms with Crippen molar-refractivity contribution >= 4 is 17.9 Å². The van der Waals surface area contributed by atoms with E-state index in [9.17, 15) is 30.3 Å². The number of allylic oxidation sites excluding steroid dienone is 3. The molecule has 6 nitrogen and oxygen atoms in total. The first-order chi connectivity index (χ1) is 11.8. The Balaban J connectivity index is 2.06. The number of carbonyl (C=O) groups excluding carboxylic acids is 1. The molecule has 0 fully saturated rings. The van der Waals surface area contributed by atoms with E-state index >= 15 is 0 Å². The van der Waals surface area contributed by atoms with Crippen LogP contribution in [0.5, 0.6) is 23.0 Å². The summed E-state index contributed by atoms with van der Waals surface area (Å²) >= 11 is 0. The summed E-state index contributed by atoms with van der Waals surface area (Å²) < 4.78 is 0. The summed E-state index contributed by atoms with van der Waals surface area (Å²) in [6, 6.07) is 8.01. The Morgan fingerprint density at radius 2 is 1.52 bits per heavy atom. The summed E-state index contributed by atoms with van der Waals surface area (Å²) in [6.45, 7) is 0. The predicted octanol–water partition coefficient (Wildman–Crippen LogP) is 3.25. The SMILES string of the molecule is O=C(/C=C(O)/C=C/c1ccc(O)c(O)c1)/C=C/c1cc(O)ccc1O. The molecule has 0 saturated heterocycles. The van der Waals surface area contributed by atoms with Crippen LogP contribution in [0.4, 0.5) is 0 Å². The lowest BCUT2D eigenvalue weighted by molar-refractivity contribution is -0.110. The highest BCUT2D eigenvalue weighted by Crippen LogP contribution is 2.25. The van der Waals surface area contributed by atoms with Crippen LogP contribution < -0.4 is 0 Å². The monoisotopic (exact) mass is 340 g/mol. The van der Waals surface area contributed by atoms with E-state index in [1.807, 2.05) is 0 Å². The van der Waals surface area contributed by atoms with Crippen LogP contribution >= 0.6 is 0 Å². The summed E-state index contributed by atoms with van der Waals surface area (Å²) in [6.07, 6.45) is 6.10. The van der Waals surface area contributed by atoms with E-state index in [-0.39, 0.29) is 34.3 Å². The van der Waals surface area contributed by atoms with Gasteiger partial charge < -0.3 is 25.5 Å². The van der Waals surface area contributed by atoms with E-state index in [0.717, 1.165) is 12.2 Å². The largest absolute Gasteiger partial charge is 0.508 e. The fourth-order valence-corrected chi connectivity index (χ4v) is 1.92. The van der Waals surface area contributed by atoms with Crippen molar-refractivity contribution in [1.29, 1.82) is 0 Å². The van der Waals surface area contributed by atoms with Gasteiger partial charge in [-0.1, -0.05) is 12.1 Å². The van der Waals surface area contributed by atoms with E-state index in [1.165, 1.54) is 54.6 Å². The smallest absolute Gasteiger partial charge is 0.182 e. The lowest BCUT2D eigenvalue weighted by Crippen LogP contribution is -1.88. The van der Waals surface area contributed by atoms with Gasteiger partial charge in [-0.05, 0) is 54.1 Å². The van der Waals surface area contributed by atoms with Crippen molar-refractivity contribution in [3.8, 4) is 23.0 Å². The highest BCUT2D eigenvalue weighted by Gasteiger charge is 2.01. The van der Waals surface area contributed by atoms with Crippen molar-refractivity contribution in [1.82, 2.24) is 0 Å². The number of ketones is 1. The van der Waals surface area contributed by atoms with Gasteiger partial charge in [0, 0.05) is 11.6 Å². The fraction of sp³-hybridized carbons (Fsp3) is 0. The Morgan fingerprint density at radius 1 is 0.800 bits per heavy atom. The minimum Gasteiger partial charge on any atom is -0.508 e. The van der Waals surface area contributed by atoms with Crippen molar-refractivity contribution in [3.63, 3.8) is 0 Å². The summed E-state index contributed by atoms with van der Waals surface area (Å²) in [4.78, 5) is 11.8. The standard InChI is InChI=1S/C19H16O6/c20-14-6-8-17(23)13(10-14)3-5-16(22)11-15(21)4-1-12-2-7-18(24)19(25)9-12/h1-11,20-21,23-25H/b4-1+,5-3+,15-11-. The van der Waals surface area contributed by atoms with Gasteiger partial charge in [-0.15, -0.1) is 0 Å². The molecular formula is C19H16O6. The minimum atomic E-state index is -0.529. The number of phenols is 4. The molecule has 0 aromatic heterocycles. The van der Waals surface area contributed by atoms with Crippen LogP contribution in [0.25, 0.3) is 12.2 Å². The molecule has 0 atom stereocenters. The van der Waals surface area contributed by atoms with Crippen LogP contribution in [-0.2, 0) is 4.79 Å². The maximum absolute atomic E-state index is 11.8. The second-order valence-corrected chi connectivity index (χ2v) is 5.13. The molecule has 0 aliphatic carbocycles. The van der Waals surface area contributed by atoms with Crippen molar-refractivity contribution in [3.05, 3.63) is 71.5 Å². The van der Waals surface area contributed by atoms with E-state index in [2.05, 4.69) is 0 Å². The molecule has 0 unspecified atom stereocenters. The van der Waals surface area contributed by atoms with Crippen LogP contribution in [0.3, 0.4) is 0 Å². The van der Waals surface area contributed by atoms with Crippen LogP contribution in [0.1, 0.15) is 11.1 Å². The molecule has 0 amide bonds. The van der Waals surface area contributed by atoms with Crippen molar-refractivity contribution in [2.24, 2.45) is 0 Å². The quantitative estimate of drug-likeness (QED) is 0.187. The Kier molecular flexibility index (Phi) is 5.47.